The molecule has 508 valence electrons. The highest BCUT2D eigenvalue weighted by Gasteiger charge is 2.61. The Labute approximate surface area is 540 Å². The third-order valence-electron chi connectivity index (χ3n) is 21.7. The monoisotopic (exact) mass is 1320 g/mol. The standard InChI is InChI=1S/C23H28F3N5O.C23H29F2N5O2.C21H27F3N4O2/c24-23(25,26)18-7-14(11-28-22(18)27)19-10-20(31(29-19)12-13-1-2-13)21-16-8-15(9-17(16)21)30-3-5-32-6-4-30;1-11(2)30-19(7-18(28-30)12-3-20(32-23(24)25)22(26)27-8-12)21-16-4-13(5-17(16)21)29-9-14-6-15(10-29)31-14;1-11(2)28-18(19-14-7-13(8-15(14)19)30-5-3-4-29)9-17(27-28)12-6-16(21(22,23)24)20(25)26-10-12/h7,10-11,13,15-17,21H,1-6,8-9,12H2,(H2,27,28);3,7-8,11,13-17,21,23H,4-6,9-10H2,1-2H3,(H2,26,27);6,9-11,13-15,19,29H,3-5,7-8H2,1-2H3,(H2,25,26)/t15?,16-,17+,21?;13?,14?,15?,16-,17+,21?;13?,14-,15+,19?. The van der Waals surface area contributed by atoms with Gasteiger partial charge in [-0.25, -0.2) is 15.0 Å². The molecule has 17 rings (SSSR count). The van der Waals surface area contributed by atoms with E-state index in [1.807, 2.05) is 30.7 Å². The van der Waals surface area contributed by atoms with Crippen molar-refractivity contribution in [2.45, 2.75) is 178 Å². The summed E-state index contributed by atoms with van der Waals surface area (Å²) in [6.07, 6.45) is 7.47. The maximum absolute atomic E-state index is 13.3. The van der Waals surface area contributed by atoms with Crippen LogP contribution in [0.25, 0.3) is 33.8 Å². The van der Waals surface area contributed by atoms with Gasteiger partial charge in [-0.2, -0.15) is 50.4 Å². The molecule has 0 aromatic carbocycles. The lowest BCUT2D eigenvalue weighted by molar-refractivity contribution is -0.188. The first-order valence-electron chi connectivity index (χ1n) is 33.5. The molecule has 6 aromatic heterocycles. The van der Waals surface area contributed by atoms with E-state index in [4.69, 9.17) is 46.7 Å². The third kappa shape index (κ3) is 13.3. The number of nitrogen functional groups attached to an aromatic ring is 3. The van der Waals surface area contributed by atoms with E-state index in [0.29, 0.717) is 125 Å². The van der Waals surface area contributed by atoms with Crippen molar-refractivity contribution in [2.24, 2.45) is 41.4 Å². The van der Waals surface area contributed by atoms with E-state index in [9.17, 15) is 35.1 Å². The summed E-state index contributed by atoms with van der Waals surface area (Å²) in [5.74, 6) is 4.51. The number of pyridine rings is 3. The Kier molecular flexibility index (Phi) is 17.6. The summed E-state index contributed by atoms with van der Waals surface area (Å²) in [6.45, 7) is 12.7. The maximum atomic E-state index is 13.3. The van der Waals surface area contributed by atoms with E-state index >= 15 is 0 Å². The SMILES string of the molecule is CC(C)n1nc(-c2cnc(N)c(C(F)(F)F)c2)cc1C1[C@H]2CC(OCCCO)C[C@@H]12.CC(C)n1nc(-c2cnc(N)c(OC(F)F)c2)cc1C1[C@H]2CC(N3CC4CC(C3)O4)C[C@@H]12.Nc1ncc(-c2cc(C3[C@H]4CC(N5CCOCC5)C[C@@H]34)n(CC3CC3)n2)cc1C(F)(F)F. The molecule has 27 heteroatoms. The van der Waals surface area contributed by atoms with Crippen molar-refractivity contribution < 1.29 is 59.2 Å². The van der Waals surface area contributed by atoms with Crippen LogP contribution in [0, 0.1) is 41.4 Å². The van der Waals surface area contributed by atoms with Crippen molar-refractivity contribution >= 4 is 17.5 Å². The van der Waals surface area contributed by atoms with E-state index in [-0.39, 0.29) is 36.4 Å². The first kappa shape index (κ1) is 64.8. The number of aliphatic hydroxyl groups is 1. The van der Waals surface area contributed by atoms with Gasteiger partial charge in [-0.05, 0) is 163 Å². The van der Waals surface area contributed by atoms with Crippen molar-refractivity contribution in [1.29, 1.82) is 0 Å². The third-order valence-corrected chi connectivity index (χ3v) is 21.7. The van der Waals surface area contributed by atoms with Crippen LogP contribution in [0.3, 0.4) is 0 Å². The highest BCUT2D eigenvalue weighted by atomic mass is 19.4. The van der Waals surface area contributed by atoms with E-state index in [1.54, 1.807) is 6.20 Å². The topological polar surface area (TPSA) is 234 Å². The van der Waals surface area contributed by atoms with Crippen LogP contribution in [0.15, 0.2) is 55.0 Å². The molecule has 0 spiro atoms. The molecule has 7 aliphatic carbocycles. The Morgan fingerprint density at radius 3 is 1.50 bits per heavy atom. The van der Waals surface area contributed by atoms with Crippen molar-refractivity contribution in [3.8, 4) is 39.5 Å². The number of rotatable bonds is 18. The predicted octanol–water partition coefficient (Wildman–Crippen LogP) is 11.5. The fourth-order valence-electron chi connectivity index (χ4n) is 16.8. The van der Waals surface area contributed by atoms with Gasteiger partial charge in [0.05, 0.1) is 59.7 Å². The lowest BCUT2D eigenvalue weighted by atomic mass is 9.94. The van der Waals surface area contributed by atoms with Crippen LogP contribution in [-0.2, 0) is 33.1 Å². The minimum Gasteiger partial charge on any atom is -0.431 e. The van der Waals surface area contributed by atoms with E-state index in [1.165, 1.54) is 74.8 Å². The van der Waals surface area contributed by atoms with Gasteiger partial charge in [0, 0.05) is 147 Å². The minimum atomic E-state index is -4.56. The van der Waals surface area contributed by atoms with Crippen LogP contribution in [0.1, 0.15) is 150 Å². The van der Waals surface area contributed by atoms with Crippen molar-refractivity contribution in [1.82, 2.24) is 54.1 Å². The average Bonchev–Trinajstić information content (AvgIpc) is 1.57. The highest BCUT2D eigenvalue weighted by molar-refractivity contribution is 5.66. The molecule has 6 aromatic rings. The van der Waals surface area contributed by atoms with Crippen molar-refractivity contribution in [2.75, 3.05) is 69.8 Å². The molecular weight excluding hydrogens is 1230 g/mol. The van der Waals surface area contributed by atoms with Gasteiger partial charge in [0.25, 0.3) is 0 Å². The second-order valence-electron chi connectivity index (χ2n) is 28.4. The molecule has 2 bridgehead atoms. The van der Waals surface area contributed by atoms with Gasteiger partial charge in [0.15, 0.2) is 11.6 Å². The average molecular weight is 1320 g/mol. The summed E-state index contributed by atoms with van der Waals surface area (Å²) in [6, 6.07) is 11.2. The van der Waals surface area contributed by atoms with E-state index in [0.717, 1.165) is 82.3 Å². The number of aliphatic hydroxyl groups excluding tert-OH is 1. The molecule has 8 unspecified atom stereocenters. The van der Waals surface area contributed by atoms with Gasteiger partial charge in [-0.1, -0.05) is 0 Å². The summed E-state index contributed by atoms with van der Waals surface area (Å²) in [5, 5.41) is 23.1. The minimum absolute atomic E-state index is 0.0546. The van der Waals surface area contributed by atoms with Crippen LogP contribution in [0.2, 0.25) is 0 Å². The molecule has 14 atom stereocenters. The van der Waals surface area contributed by atoms with Crippen LogP contribution in [0.4, 0.5) is 52.6 Å². The summed E-state index contributed by atoms with van der Waals surface area (Å²) in [5.41, 5.74) is 21.4. The fourth-order valence-corrected chi connectivity index (χ4v) is 16.8. The normalized spacial score (nSPS) is 30.0. The maximum Gasteiger partial charge on any atom is 0.419 e. The quantitative estimate of drug-likeness (QED) is 0.0463. The van der Waals surface area contributed by atoms with Gasteiger partial charge < -0.3 is 41.3 Å². The van der Waals surface area contributed by atoms with Crippen LogP contribution in [-0.4, -0.2) is 149 Å². The summed E-state index contributed by atoms with van der Waals surface area (Å²) >= 11 is 0. The van der Waals surface area contributed by atoms with Gasteiger partial charge in [0.1, 0.15) is 11.6 Å². The number of ether oxygens (including phenoxy) is 4. The number of nitrogens with two attached hydrogens (primary N) is 3. The number of alkyl halides is 8. The lowest BCUT2D eigenvalue weighted by Crippen LogP contribution is -2.59. The zero-order valence-electron chi connectivity index (χ0n) is 53.3. The molecule has 7 N–H and O–H groups in total. The molecule has 94 heavy (non-hydrogen) atoms. The molecule has 11 aliphatic rings. The fraction of sp³-hybridized carbons (Fsp3) is 0.642. The number of fused-ring (bicyclic) bond motifs is 5. The Morgan fingerprint density at radius 1 is 0.585 bits per heavy atom. The number of nitrogens with zero attached hydrogens (tertiary/aromatic N) is 11. The molecule has 7 saturated carbocycles. The Morgan fingerprint density at radius 2 is 1.03 bits per heavy atom. The molecule has 0 radical (unpaired) electrons. The Bertz CT molecular complexity index is 3650. The lowest BCUT2D eigenvalue weighted by Gasteiger charge is -2.49. The first-order valence-corrected chi connectivity index (χ1v) is 33.5. The molecule has 4 saturated heterocycles. The van der Waals surface area contributed by atoms with Gasteiger partial charge in [-0.3, -0.25) is 23.8 Å². The van der Waals surface area contributed by atoms with Gasteiger partial charge >= 0.3 is 19.0 Å². The molecule has 10 heterocycles. The summed E-state index contributed by atoms with van der Waals surface area (Å²) in [7, 11) is 0. The number of aromatic nitrogens is 9. The number of hydrogen-bond acceptors (Lipinski definition) is 16. The largest absolute Gasteiger partial charge is 0.431 e. The number of piperidine rings is 1. The highest BCUT2D eigenvalue weighted by Crippen LogP contribution is 2.67. The van der Waals surface area contributed by atoms with Crippen LogP contribution >= 0.6 is 0 Å². The number of anilines is 3. The van der Waals surface area contributed by atoms with Crippen molar-refractivity contribution in [3.05, 3.63) is 83.2 Å². The number of hydrogen-bond donors (Lipinski definition) is 4. The summed E-state index contributed by atoms with van der Waals surface area (Å²) < 4.78 is 133. The Hall–Kier alpha value is -6.52. The van der Waals surface area contributed by atoms with Crippen LogP contribution in [0.5, 0.6) is 5.75 Å². The number of halogens is 8. The second-order valence-corrected chi connectivity index (χ2v) is 28.4. The smallest absolute Gasteiger partial charge is 0.419 e. The van der Waals surface area contributed by atoms with E-state index in [2.05, 4.69) is 63.9 Å². The van der Waals surface area contributed by atoms with E-state index < -0.39 is 41.7 Å². The first-order chi connectivity index (χ1) is 45.0. The van der Waals surface area contributed by atoms with Crippen molar-refractivity contribution in [3.63, 3.8) is 0 Å². The molecule has 4 aliphatic heterocycles. The zero-order chi connectivity index (χ0) is 65.8. The second kappa shape index (κ2) is 25.5. The molecule has 19 nitrogen and oxygen atoms in total. The predicted molar refractivity (Wildman–Crippen MR) is 333 cm³/mol. The zero-order valence-corrected chi connectivity index (χ0v) is 53.3. The van der Waals surface area contributed by atoms with Gasteiger partial charge in [0.2, 0.25) is 0 Å². The summed E-state index contributed by atoms with van der Waals surface area (Å²) in [4.78, 5) is 16.8. The van der Waals surface area contributed by atoms with Crippen LogP contribution < -0.4 is 21.9 Å². The number of morpholine rings is 2. The molecular formula is C67H84F8N14O5. The van der Waals surface area contributed by atoms with Gasteiger partial charge in [-0.15, -0.1) is 0 Å². The molecule has 11 fully saturated rings. The molecule has 0 amide bonds. The Balaban J connectivity index is 0.000000122.